The van der Waals surface area contributed by atoms with Gasteiger partial charge in [-0.25, -0.2) is 4.79 Å². The molecule has 0 aliphatic heterocycles. The lowest BCUT2D eigenvalue weighted by Gasteiger charge is -2.16. The third kappa shape index (κ3) is 5.04. The highest BCUT2D eigenvalue weighted by Crippen LogP contribution is 2.49. The van der Waals surface area contributed by atoms with Crippen molar-refractivity contribution in [3.8, 4) is 21.6 Å². The lowest BCUT2D eigenvalue weighted by atomic mass is 9.93. The standard InChI is InChI=1S/C30H27ClN2O4S/c1-18-26(32-29(35)37-19(2)24-6-4-5-7-25(24)31)27(38-33-18)22-10-8-20(9-11-22)21-12-14-23(15-13-21)30(16-17-30)28(34)36-3/h4-15,19H,16-17H2,1-3H3,(H,32,35). The Balaban J connectivity index is 1.30. The van der Waals surface area contributed by atoms with Crippen molar-refractivity contribution in [3.05, 3.63) is 94.6 Å². The van der Waals surface area contributed by atoms with Crippen LogP contribution in [0.25, 0.3) is 21.6 Å². The van der Waals surface area contributed by atoms with E-state index >= 15 is 0 Å². The molecule has 1 amide bonds. The van der Waals surface area contributed by atoms with E-state index in [-0.39, 0.29) is 5.97 Å². The summed E-state index contributed by atoms with van der Waals surface area (Å²) in [6.07, 6.45) is 0.571. The highest BCUT2D eigenvalue weighted by molar-refractivity contribution is 7.10. The van der Waals surface area contributed by atoms with Gasteiger partial charge in [0.15, 0.2) is 0 Å². The minimum Gasteiger partial charge on any atom is -0.468 e. The van der Waals surface area contributed by atoms with Crippen LogP contribution in [-0.4, -0.2) is 23.5 Å². The predicted molar refractivity (Wildman–Crippen MR) is 151 cm³/mol. The Bertz CT molecular complexity index is 1480. The number of rotatable bonds is 7. The van der Waals surface area contributed by atoms with Crippen molar-refractivity contribution in [1.29, 1.82) is 0 Å². The first-order valence-corrected chi connectivity index (χ1v) is 13.5. The Hall–Kier alpha value is -3.68. The van der Waals surface area contributed by atoms with Gasteiger partial charge in [-0.1, -0.05) is 78.3 Å². The zero-order valence-electron chi connectivity index (χ0n) is 21.3. The number of nitrogens with one attached hydrogen (secondary N) is 1. The maximum atomic E-state index is 12.7. The van der Waals surface area contributed by atoms with E-state index in [2.05, 4.69) is 9.69 Å². The third-order valence-corrected chi connectivity index (χ3v) is 8.29. The number of ether oxygens (including phenoxy) is 2. The maximum absolute atomic E-state index is 12.7. The van der Waals surface area contributed by atoms with E-state index in [1.54, 1.807) is 13.0 Å². The number of carbonyl (C=O) groups is 2. The Morgan fingerprint density at radius 2 is 1.58 bits per heavy atom. The Labute approximate surface area is 230 Å². The SMILES string of the molecule is COC(=O)C1(c2ccc(-c3ccc(-c4snc(C)c4NC(=O)OC(C)c4ccccc4Cl)cc3)cc2)CC1. The lowest BCUT2D eigenvalue weighted by Crippen LogP contribution is -2.21. The molecule has 194 valence electrons. The summed E-state index contributed by atoms with van der Waals surface area (Å²) in [5, 5.41) is 3.42. The summed E-state index contributed by atoms with van der Waals surface area (Å²) in [6, 6.07) is 23.5. The number of halogens is 1. The van der Waals surface area contributed by atoms with Crippen LogP contribution in [0.3, 0.4) is 0 Å². The average molecular weight is 547 g/mol. The fourth-order valence-electron chi connectivity index (χ4n) is 4.60. The number of esters is 1. The molecule has 1 aliphatic rings. The predicted octanol–water partition coefficient (Wildman–Crippen LogP) is 7.95. The number of anilines is 1. The summed E-state index contributed by atoms with van der Waals surface area (Å²) in [6.45, 7) is 3.63. The highest BCUT2D eigenvalue weighted by Gasteiger charge is 2.52. The van der Waals surface area contributed by atoms with Crippen LogP contribution >= 0.6 is 23.1 Å². The topological polar surface area (TPSA) is 77.5 Å². The van der Waals surface area contributed by atoms with E-state index in [1.165, 1.54) is 18.6 Å². The molecule has 6 nitrogen and oxygen atoms in total. The largest absolute Gasteiger partial charge is 0.468 e. The fourth-order valence-corrected chi connectivity index (χ4v) is 5.74. The molecule has 1 aromatic heterocycles. The van der Waals surface area contributed by atoms with Gasteiger partial charge >= 0.3 is 12.1 Å². The number of hydrogen-bond donors (Lipinski definition) is 1. The molecule has 5 rings (SSSR count). The second kappa shape index (κ2) is 10.6. The van der Waals surface area contributed by atoms with Crippen molar-refractivity contribution >= 4 is 40.9 Å². The smallest absolute Gasteiger partial charge is 0.412 e. The lowest BCUT2D eigenvalue weighted by molar-refractivity contribution is -0.143. The van der Waals surface area contributed by atoms with Gasteiger partial charge in [-0.05, 0) is 66.5 Å². The molecule has 1 atom stereocenters. The molecule has 1 heterocycles. The van der Waals surface area contributed by atoms with Crippen LogP contribution in [0.5, 0.6) is 0 Å². The van der Waals surface area contributed by atoms with Crippen molar-refractivity contribution in [2.75, 3.05) is 12.4 Å². The zero-order valence-corrected chi connectivity index (χ0v) is 22.9. The number of aromatic nitrogens is 1. The molecule has 0 radical (unpaired) electrons. The maximum Gasteiger partial charge on any atom is 0.412 e. The molecular formula is C30H27ClN2O4S. The van der Waals surface area contributed by atoms with Gasteiger partial charge < -0.3 is 9.47 Å². The van der Waals surface area contributed by atoms with Gasteiger partial charge in [0.05, 0.1) is 28.8 Å². The second-order valence-electron chi connectivity index (χ2n) is 9.39. The number of benzene rings is 3. The van der Waals surface area contributed by atoms with E-state index in [0.29, 0.717) is 16.4 Å². The summed E-state index contributed by atoms with van der Waals surface area (Å²) in [4.78, 5) is 25.7. The number of nitrogens with zero attached hydrogens (tertiary/aromatic N) is 1. The average Bonchev–Trinajstić information content (AvgIpc) is 3.67. The molecule has 3 aromatic carbocycles. The molecular weight excluding hydrogens is 520 g/mol. The second-order valence-corrected chi connectivity index (χ2v) is 10.6. The molecule has 0 saturated heterocycles. The van der Waals surface area contributed by atoms with Crippen molar-refractivity contribution in [2.45, 2.75) is 38.2 Å². The van der Waals surface area contributed by atoms with E-state index in [9.17, 15) is 9.59 Å². The van der Waals surface area contributed by atoms with Crippen LogP contribution in [-0.2, 0) is 19.7 Å². The van der Waals surface area contributed by atoms with E-state index in [4.69, 9.17) is 21.1 Å². The van der Waals surface area contributed by atoms with Crippen LogP contribution in [0.4, 0.5) is 10.5 Å². The summed E-state index contributed by atoms with van der Waals surface area (Å²) < 4.78 is 15.0. The van der Waals surface area contributed by atoms with Gasteiger partial charge in [0.25, 0.3) is 0 Å². The number of hydrogen-bond acceptors (Lipinski definition) is 6. The first kappa shape index (κ1) is 25.9. The van der Waals surface area contributed by atoms with Gasteiger partial charge in [0.2, 0.25) is 0 Å². The zero-order chi connectivity index (χ0) is 26.9. The van der Waals surface area contributed by atoms with Crippen LogP contribution in [0.1, 0.15) is 42.7 Å². The number of amides is 1. The number of methoxy groups -OCH3 is 1. The first-order chi connectivity index (χ1) is 18.3. The molecule has 0 spiro atoms. The van der Waals surface area contributed by atoms with Gasteiger partial charge in [-0.3, -0.25) is 10.1 Å². The number of carbonyl (C=O) groups excluding carboxylic acids is 2. The monoisotopic (exact) mass is 546 g/mol. The van der Waals surface area contributed by atoms with E-state index < -0.39 is 17.6 Å². The minimum absolute atomic E-state index is 0.166. The molecule has 1 unspecified atom stereocenters. The molecule has 1 aliphatic carbocycles. The van der Waals surface area contributed by atoms with E-state index in [1.807, 2.05) is 73.7 Å². The van der Waals surface area contributed by atoms with Crippen molar-refractivity contribution < 1.29 is 19.1 Å². The minimum atomic E-state index is -0.570. The summed E-state index contributed by atoms with van der Waals surface area (Å²) in [5.41, 5.74) is 5.64. The van der Waals surface area contributed by atoms with E-state index in [0.717, 1.165) is 45.5 Å². The van der Waals surface area contributed by atoms with Gasteiger partial charge in [-0.2, -0.15) is 4.37 Å². The quantitative estimate of drug-likeness (QED) is 0.238. The molecule has 1 N–H and O–H groups in total. The van der Waals surface area contributed by atoms with Gasteiger partial charge in [-0.15, -0.1) is 0 Å². The summed E-state index contributed by atoms with van der Waals surface area (Å²) in [5.74, 6) is -0.166. The summed E-state index contributed by atoms with van der Waals surface area (Å²) in [7, 11) is 1.44. The van der Waals surface area contributed by atoms with Crippen LogP contribution in [0.2, 0.25) is 5.02 Å². The molecule has 8 heteroatoms. The normalized spacial score (nSPS) is 14.4. The number of aryl methyl sites for hydroxylation is 1. The third-order valence-electron chi connectivity index (χ3n) is 6.96. The van der Waals surface area contributed by atoms with Crippen molar-refractivity contribution in [1.82, 2.24) is 4.37 Å². The van der Waals surface area contributed by atoms with Crippen LogP contribution in [0.15, 0.2) is 72.8 Å². The molecule has 0 bridgehead atoms. The molecule has 4 aromatic rings. The summed E-state index contributed by atoms with van der Waals surface area (Å²) >= 11 is 7.56. The van der Waals surface area contributed by atoms with Crippen molar-refractivity contribution in [3.63, 3.8) is 0 Å². The Morgan fingerprint density at radius 1 is 0.974 bits per heavy atom. The highest BCUT2D eigenvalue weighted by atomic mass is 35.5. The van der Waals surface area contributed by atoms with Crippen LogP contribution in [0, 0.1) is 6.92 Å². The van der Waals surface area contributed by atoms with Crippen LogP contribution < -0.4 is 5.32 Å². The van der Waals surface area contributed by atoms with Gasteiger partial charge in [0, 0.05) is 10.6 Å². The fraction of sp³-hybridized carbons (Fsp3) is 0.233. The van der Waals surface area contributed by atoms with Gasteiger partial charge in [0.1, 0.15) is 6.10 Å². The molecule has 1 fully saturated rings. The van der Waals surface area contributed by atoms with Crippen molar-refractivity contribution in [2.24, 2.45) is 0 Å². The Kier molecular flexibility index (Phi) is 7.23. The Morgan fingerprint density at radius 3 is 2.18 bits per heavy atom. The molecule has 38 heavy (non-hydrogen) atoms. The molecule has 1 saturated carbocycles. The first-order valence-electron chi connectivity index (χ1n) is 12.3.